The minimum atomic E-state index is -0.551. The molecule has 0 fully saturated rings. The monoisotopic (exact) mass is 251 g/mol. The number of rotatable bonds is 2. The third kappa shape index (κ3) is 2.40. The number of cyclic esters (lactones) is 1. The van der Waals surface area contributed by atoms with Gasteiger partial charge in [-0.15, -0.1) is 0 Å². The molecule has 0 aliphatic carbocycles. The minimum absolute atomic E-state index is 0.242. The van der Waals surface area contributed by atoms with Gasteiger partial charge in [-0.05, 0) is 11.1 Å². The van der Waals surface area contributed by atoms with Gasteiger partial charge in [0.05, 0.1) is 5.71 Å². The third-order valence-electron chi connectivity index (χ3n) is 3.08. The summed E-state index contributed by atoms with van der Waals surface area (Å²) in [5.41, 5.74) is 2.67. The fourth-order valence-corrected chi connectivity index (χ4v) is 2.10. The van der Waals surface area contributed by atoms with Crippen molar-refractivity contribution in [3.8, 4) is 0 Å². The van der Waals surface area contributed by atoms with Gasteiger partial charge >= 0.3 is 5.97 Å². The molecular formula is C16H13NO2. The molecule has 3 rings (SSSR count). The van der Waals surface area contributed by atoms with Crippen LogP contribution in [0.2, 0.25) is 0 Å². The van der Waals surface area contributed by atoms with Crippen molar-refractivity contribution in [3.63, 3.8) is 0 Å². The standard InChI is InChI=1S/C16H13NO2/c18-16-15(13-9-5-2-6-10-13)17-14(11-19-16)12-7-3-1-4-8-12/h1-10,15H,11H2/t15-/m1/s1. The van der Waals surface area contributed by atoms with Gasteiger partial charge in [0.25, 0.3) is 0 Å². The van der Waals surface area contributed by atoms with Crippen molar-refractivity contribution in [2.45, 2.75) is 6.04 Å². The van der Waals surface area contributed by atoms with Crippen molar-refractivity contribution in [2.75, 3.05) is 6.61 Å². The molecule has 0 amide bonds. The zero-order valence-corrected chi connectivity index (χ0v) is 10.3. The summed E-state index contributed by atoms with van der Waals surface area (Å²) in [6, 6.07) is 18.7. The van der Waals surface area contributed by atoms with Crippen LogP contribution in [0.15, 0.2) is 65.7 Å². The van der Waals surface area contributed by atoms with Gasteiger partial charge in [-0.25, -0.2) is 4.79 Å². The number of benzene rings is 2. The van der Waals surface area contributed by atoms with E-state index in [0.717, 1.165) is 16.8 Å². The molecule has 2 aromatic carbocycles. The highest BCUT2D eigenvalue weighted by atomic mass is 16.5. The zero-order valence-electron chi connectivity index (χ0n) is 10.3. The van der Waals surface area contributed by atoms with E-state index in [1.54, 1.807) is 0 Å². The van der Waals surface area contributed by atoms with Crippen LogP contribution in [0.1, 0.15) is 17.2 Å². The Morgan fingerprint density at radius 3 is 2.26 bits per heavy atom. The zero-order chi connectivity index (χ0) is 13.1. The Morgan fingerprint density at radius 1 is 0.947 bits per heavy atom. The first kappa shape index (κ1) is 11.7. The maximum absolute atomic E-state index is 11.8. The van der Waals surface area contributed by atoms with E-state index in [1.165, 1.54) is 0 Å². The van der Waals surface area contributed by atoms with Crippen molar-refractivity contribution in [1.82, 2.24) is 0 Å². The number of esters is 1. The highest BCUT2D eigenvalue weighted by Gasteiger charge is 2.27. The van der Waals surface area contributed by atoms with Crippen LogP contribution in [0.4, 0.5) is 0 Å². The van der Waals surface area contributed by atoms with Gasteiger partial charge in [-0.2, -0.15) is 0 Å². The third-order valence-corrected chi connectivity index (χ3v) is 3.08. The first-order chi connectivity index (χ1) is 9.34. The van der Waals surface area contributed by atoms with Gasteiger partial charge in [0.1, 0.15) is 6.61 Å². The minimum Gasteiger partial charge on any atom is -0.457 e. The molecule has 1 aliphatic heterocycles. The Hall–Kier alpha value is -2.42. The average Bonchev–Trinajstić information content (AvgIpc) is 2.49. The first-order valence-electron chi connectivity index (χ1n) is 6.18. The average molecular weight is 251 g/mol. The largest absolute Gasteiger partial charge is 0.457 e. The van der Waals surface area contributed by atoms with Crippen LogP contribution in [0.3, 0.4) is 0 Å². The van der Waals surface area contributed by atoms with Crippen LogP contribution in [0.25, 0.3) is 0 Å². The van der Waals surface area contributed by atoms with Crippen LogP contribution >= 0.6 is 0 Å². The Balaban J connectivity index is 1.98. The van der Waals surface area contributed by atoms with E-state index in [0.29, 0.717) is 0 Å². The van der Waals surface area contributed by atoms with Gasteiger partial charge in [-0.3, -0.25) is 4.99 Å². The van der Waals surface area contributed by atoms with Crippen molar-refractivity contribution in [1.29, 1.82) is 0 Å². The highest BCUT2D eigenvalue weighted by molar-refractivity contribution is 6.05. The molecule has 0 saturated carbocycles. The predicted molar refractivity (Wildman–Crippen MR) is 73.1 cm³/mol. The molecular weight excluding hydrogens is 238 g/mol. The van der Waals surface area contributed by atoms with E-state index in [-0.39, 0.29) is 12.6 Å². The van der Waals surface area contributed by atoms with Crippen molar-refractivity contribution in [3.05, 3.63) is 71.8 Å². The van der Waals surface area contributed by atoms with E-state index in [9.17, 15) is 4.79 Å². The summed E-state index contributed by atoms with van der Waals surface area (Å²) in [7, 11) is 0. The van der Waals surface area contributed by atoms with E-state index in [2.05, 4.69) is 4.99 Å². The normalized spacial score (nSPS) is 18.6. The van der Waals surface area contributed by atoms with Gasteiger partial charge in [0, 0.05) is 0 Å². The topological polar surface area (TPSA) is 38.7 Å². The molecule has 0 spiro atoms. The fraction of sp³-hybridized carbons (Fsp3) is 0.125. The summed E-state index contributed by atoms with van der Waals surface area (Å²) < 4.78 is 5.24. The number of hydrogen-bond donors (Lipinski definition) is 0. The summed E-state index contributed by atoms with van der Waals surface area (Å²) >= 11 is 0. The van der Waals surface area contributed by atoms with Gasteiger partial charge in [0.15, 0.2) is 6.04 Å². The Labute approximate surface area is 111 Å². The molecule has 1 atom stereocenters. The molecule has 94 valence electrons. The Kier molecular flexibility index (Phi) is 3.11. The van der Waals surface area contributed by atoms with Crippen molar-refractivity contribution >= 4 is 11.7 Å². The smallest absolute Gasteiger partial charge is 0.335 e. The fourth-order valence-electron chi connectivity index (χ4n) is 2.10. The van der Waals surface area contributed by atoms with E-state index in [1.807, 2.05) is 60.7 Å². The molecule has 0 aromatic heterocycles. The number of ether oxygens (including phenoxy) is 1. The molecule has 1 heterocycles. The summed E-state index contributed by atoms with van der Waals surface area (Å²) in [5, 5.41) is 0. The maximum atomic E-state index is 11.8. The van der Waals surface area contributed by atoms with Crippen LogP contribution in [0, 0.1) is 0 Å². The van der Waals surface area contributed by atoms with Crippen molar-refractivity contribution in [2.24, 2.45) is 4.99 Å². The lowest BCUT2D eigenvalue weighted by atomic mass is 10.0. The summed E-state index contributed by atoms with van der Waals surface area (Å²) in [4.78, 5) is 16.4. The second-order valence-corrected chi connectivity index (χ2v) is 4.36. The number of hydrogen-bond acceptors (Lipinski definition) is 3. The molecule has 19 heavy (non-hydrogen) atoms. The van der Waals surface area contributed by atoms with Crippen LogP contribution in [-0.2, 0) is 9.53 Å². The molecule has 0 unspecified atom stereocenters. The molecule has 0 bridgehead atoms. The molecule has 0 saturated heterocycles. The molecule has 3 nitrogen and oxygen atoms in total. The second-order valence-electron chi connectivity index (χ2n) is 4.36. The van der Waals surface area contributed by atoms with Crippen LogP contribution in [-0.4, -0.2) is 18.3 Å². The lowest BCUT2D eigenvalue weighted by Crippen LogP contribution is -2.26. The predicted octanol–water partition coefficient (Wildman–Crippen LogP) is 2.77. The van der Waals surface area contributed by atoms with Gasteiger partial charge in [-0.1, -0.05) is 60.7 Å². The van der Waals surface area contributed by atoms with E-state index >= 15 is 0 Å². The van der Waals surface area contributed by atoms with Gasteiger partial charge in [0.2, 0.25) is 0 Å². The quantitative estimate of drug-likeness (QED) is 0.770. The molecule has 0 radical (unpaired) electrons. The highest BCUT2D eigenvalue weighted by Crippen LogP contribution is 2.23. The first-order valence-corrected chi connectivity index (χ1v) is 6.18. The van der Waals surface area contributed by atoms with E-state index in [4.69, 9.17) is 4.74 Å². The van der Waals surface area contributed by atoms with Crippen LogP contribution in [0.5, 0.6) is 0 Å². The van der Waals surface area contributed by atoms with E-state index < -0.39 is 6.04 Å². The summed E-state index contributed by atoms with van der Waals surface area (Å²) in [6.45, 7) is 0.242. The summed E-state index contributed by atoms with van der Waals surface area (Å²) in [5.74, 6) is -0.286. The van der Waals surface area contributed by atoms with Crippen LogP contribution < -0.4 is 0 Å². The van der Waals surface area contributed by atoms with Gasteiger partial charge < -0.3 is 4.74 Å². The Bertz CT molecular complexity index is 605. The lowest BCUT2D eigenvalue weighted by Gasteiger charge is -2.20. The molecule has 1 aliphatic rings. The Morgan fingerprint density at radius 2 is 1.58 bits per heavy atom. The lowest BCUT2D eigenvalue weighted by molar-refractivity contribution is -0.144. The number of carbonyl (C=O) groups is 1. The maximum Gasteiger partial charge on any atom is 0.335 e. The molecule has 3 heteroatoms. The summed E-state index contributed by atoms with van der Waals surface area (Å²) in [6.07, 6.45) is 0. The second kappa shape index (κ2) is 5.06. The molecule has 2 aromatic rings. The number of aliphatic imine (C=N–C) groups is 1. The number of nitrogens with zero attached hydrogens (tertiary/aromatic N) is 1. The van der Waals surface area contributed by atoms with Crippen molar-refractivity contribution < 1.29 is 9.53 Å². The molecule has 0 N–H and O–H groups in total. The number of carbonyl (C=O) groups excluding carboxylic acids is 1. The SMILES string of the molecule is O=C1OCC(c2ccccc2)=N[C@@H]1c1ccccc1.